The van der Waals surface area contributed by atoms with Gasteiger partial charge in [0.2, 0.25) is 5.95 Å². The lowest BCUT2D eigenvalue weighted by molar-refractivity contribution is -0.116. The van der Waals surface area contributed by atoms with Crippen LogP contribution in [0, 0.1) is 11.6 Å². The number of fused-ring (bicyclic) bond motifs is 6. The zero-order chi connectivity index (χ0) is 24.8. The van der Waals surface area contributed by atoms with Gasteiger partial charge in [0.15, 0.2) is 5.82 Å². The molecule has 3 aromatic rings. The molecule has 3 N–H and O–H groups in total. The molecule has 8 nitrogen and oxygen atoms in total. The van der Waals surface area contributed by atoms with Crippen molar-refractivity contribution in [3.63, 3.8) is 0 Å². The van der Waals surface area contributed by atoms with E-state index in [1.54, 1.807) is 6.07 Å². The quantitative estimate of drug-likeness (QED) is 0.555. The van der Waals surface area contributed by atoms with Gasteiger partial charge in [-0.2, -0.15) is 4.36 Å². The van der Waals surface area contributed by atoms with Crippen LogP contribution in [0.1, 0.15) is 18.4 Å². The number of benzene rings is 2. The van der Waals surface area contributed by atoms with E-state index in [-0.39, 0.29) is 29.8 Å². The molecule has 1 unspecified atom stereocenters. The second kappa shape index (κ2) is 11.3. The van der Waals surface area contributed by atoms with E-state index in [2.05, 4.69) is 19.6 Å². The highest BCUT2D eigenvalue weighted by molar-refractivity contribution is 7.86. The third-order valence-electron chi connectivity index (χ3n) is 5.04. The van der Waals surface area contributed by atoms with Crippen LogP contribution in [-0.4, -0.2) is 41.9 Å². The van der Waals surface area contributed by atoms with Gasteiger partial charge in [-0.05, 0) is 48.9 Å². The lowest BCUT2D eigenvalue weighted by Crippen LogP contribution is -2.12. The van der Waals surface area contributed by atoms with Crippen molar-refractivity contribution in [2.45, 2.75) is 18.6 Å². The Hall–Kier alpha value is -3.44. The maximum absolute atomic E-state index is 14.7. The second-order valence-electron chi connectivity index (χ2n) is 7.86. The fraction of sp³-hybridized carbons (Fsp3) is 0.292. The molecule has 184 valence electrons. The first-order valence-corrected chi connectivity index (χ1v) is 12.7. The summed E-state index contributed by atoms with van der Waals surface area (Å²) in [5, 5.41) is 3.09. The SMILES string of the molecule is C/S(Cc1cc2cc(c1)OCCCCOc1cc(F)ccc1-c1nc(ncc1F)N2)=N/C(=O)CN. The first-order valence-electron chi connectivity index (χ1n) is 11.0. The number of hydrogen-bond acceptors (Lipinski definition) is 7. The minimum absolute atomic E-state index is 0.00537. The Bertz CT molecular complexity index is 1270. The van der Waals surface area contributed by atoms with Gasteiger partial charge in [0.1, 0.15) is 23.0 Å². The molecule has 11 heteroatoms. The first-order chi connectivity index (χ1) is 16.9. The summed E-state index contributed by atoms with van der Waals surface area (Å²) >= 11 is 0. The molecule has 1 aliphatic heterocycles. The molecule has 4 rings (SSSR count). The van der Waals surface area contributed by atoms with Gasteiger partial charge >= 0.3 is 0 Å². The van der Waals surface area contributed by atoms with Gasteiger partial charge in [0.25, 0.3) is 5.91 Å². The monoisotopic (exact) mass is 501 g/mol. The van der Waals surface area contributed by atoms with Crippen LogP contribution in [0.25, 0.3) is 11.3 Å². The van der Waals surface area contributed by atoms with Crippen molar-refractivity contribution in [2.75, 3.05) is 31.3 Å². The predicted molar refractivity (Wildman–Crippen MR) is 131 cm³/mol. The summed E-state index contributed by atoms with van der Waals surface area (Å²) in [6, 6.07) is 9.45. The normalized spacial score (nSPS) is 14.4. The molecular weight excluding hydrogens is 476 g/mol. The van der Waals surface area contributed by atoms with Crippen LogP contribution in [0.5, 0.6) is 11.5 Å². The molecule has 2 heterocycles. The Morgan fingerprint density at radius 1 is 1.17 bits per heavy atom. The van der Waals surface area contributed by atoms with Gasteiger partial charge in [-0.3, -0.25) is 4.79 Å². The standard InChI is InChI=1S/C24H25F2N5O3S/c1-35(31-22(32)12-27)14-15-8-17-11-18(9-15)33-6-2-3-7-34-21-10-16(25)4-5-19(21)23-20(26)13-28-24(29-17)30-23/h4-5,8-11,13H,2-3,6-7,12,14,27H2,1H3,(H,28,29,30). The molecule has 2 aromatic carbocycles. The number of anilines is 2. The fourth-order valence-electron chi connectivity index (χ4n) is 3.52. The third kappa shape index (κ3) is 6.58. The van der Waals surface area contributed by atoms with Crippen LogP contribution < -0.4 is 20.5 Å². The van der Waals surface area contributed by atoms with Crippen molar-refractivity contribution in [1.29, 1.82) is 0 Å². The summed E-state index contributed by atoms with van der Waals surface area (Å²) in [6.45, 7) is 0.615. The highest BCUT2D eigenvalue weighted by Gasteiger charge is 2.16. The number of carbonyl (C=O) groups is 1. The number of nitrogens with one attached hydrogen (secondary N) is 1. The number of aromatic nitrogens is 2. The average molecular weight is 502 g/mol. The van der Waals surface area contributed by atoms with Crippen molar-refractivity contribution in [2.24, 2.45) is 10.1 Å². The van der Waals surface area contributed by atoms with Gasteiger partial charge in [-0.1, -0.05) is 10.7 Å². The van der Waals surface area contributed by atoms with Crippen molar-refractivity contribution < 1.29 is 23.0 Å². The van der Waals surface area contributed by atoms with Crippen molar-refractivity contribution >= 4 is 28.2 Å². The van der Waals surface area contributed by atoms with Gasteiger partial charge in [0, 0.05) is 29.1 Å². The smallest absolute Gasteiger partial charge is 0.265 e. The van der Waals surface area contributed by atoms with E-state index in [0.29, 0.717) is 48.8 Å². The molecule has 35 heavy (non-hydrogen) atoms. The molecular formula is C24H25F2N5O3S. The Kier molecular flexibility index (Phi) is 7.98. The molecule has 0 fully saturated rings. The highest BCUT2D eigenvalue weighted by atomic mass is 32.2. The van der Waals surface area contributed by atoms with Crippen LogP contribution in [0.3, 0.4) is 0 Å². The van der Waals surface area contributed by atoms with Crippen LogP contribution in [0.4, 0.5) is 20.4 Å². The molecule has 0 spiro atoms. The number of nitrogens with two attached hydrogens (primary N) is 1. The van der Waals surface area contributed by atoms with Crippen molar-refractivity contribution in [1.82, 2.24) is 9.97 Å². The molecule has 4 bridgehead atoms. The average Bonchev–Trinajstić information content (AvgIpc) is 2.82. The molecule has 1 amide bonds. The fourth-order valence-corrected chi connectivity index (χ4v) is 4.65. The van der Waals surface area contributed by atoms with Gasteiger partial charge in [-0.25, -0.2) is 18.7 Å². The van der Waals surface area contributed by atoms with E-state index < -0.39 is 22.3 Å². The van der Waals surface area contributed by atoms with E-state index in [4.69, 9.17) is 15.2 Å². The summed E-state index contributed by atoms with van der Waals surface area (Å²) in [5.74, 6) is -0.00474. The number of rotatable bonds is 3. The number of amides is 1. The zero-order valence-electron chi connectivity index (χ0n) is 19.1. The Labute approximate surface area is 204 Å². The minimum atomic E-state index is -0.657. The molecule has 1 aromatic heterocycles. The van der Waals surface area contributed by atoms with Gasteiger partial charge < -0.3 is 20.5 Å². The molecule has 0 saturated carbocycles. The summed E-state index contributed by atoms with van der Waals surface area (Å²) in [7, 11) is -0.565. The summed E-state index contributed by atoms with van der Waals surface area (Å²) in [5.41, 5.74) is 7.21. The Morgan fingerprint density at radius 3 is 2.77 bits per heavy atom. The highest BCUT2D eigenvalue weighted by Crippen LogP contribution is 2.33. The van der Waals surface area contributed by atoms with Crippen LogP contribution in [-0.2, 0) is 21.2 Å². The minimum Gasteiger partial charge on any atom is -0.494 e. The Balaban J connectivity index is 1.72. The molecule has 1 aliphatic rings. The first kappa shape index (κ1) is 24.7. The van der Waals surface area contributed by atoms with Crippen LogP contribution in [0.2, 0.25) is 0 Å². The lowest BCUT2D eigenvalue weighted by Gasteiger charge is -2.13. The van der Waals surface area contributed by atoms with Gasteiger partial charge in [-0.15, -0.1) is 0 Å². The van der Waals surface area contributed by atoms with Crippen molar-refractivity contribution in [3.8, 4) is 22.8 Å². The maximum atomic E-state index is 14.7. The lowest BCUT2D eigenvalue weighted by atomic mass is 10.1. The number of nitrogens with zero attached hydrogens (tertiary/aromatic N) is 3. The third-order valence-corrected chi connectivity index (χ3v) is 6.30. The van der Waals surface area contributed by atoms with E-state index in [9.17, 15) is 13.6 Å². The number of hydrogen-bond donors (Lipinski definition) is 2. The van der Waals surface area contributed by atoms with Crippen molar-refractivity contribution in [3.05, 3.63) is 59.8 Å². The summed E-state index contributed by atoms with van der Waals surface area (Å²) in [4.78, 5) is 20.0. The van der Waals surface area contributed by atoms with Crippen LogP contribution >= 0.6 is 0 Å². The number of halogens is 2. The van der Waals surface area contributed by atoms with Crippen LogP contribution in [0.15, 0.2) is 47.0 Å². The number of carbonyl (C=O) groups excluding carboxylic acids is 1. The number of ether oxygens (including phenoxy) is 2. The largest absolute Gasteiger partial charge is 0.494 e. The maximum Gasteiger partial charge on any atom is 0.265 e. The second-order valence-corrected chi connectivity index (χ2v) is 9.53. The molecule has 0 saturated heterocycles. The topological polar surface area (TPSA) is 112 Å². The van der Waals surface area contributed by atoms with Gasteiger partial charge in [0.05, 0.1) is 26.0 Å². The van der Waals surface area contributed by atoms with E-state index in [1.165, 1.54) is 18.2 Å². The molecule has 1 atom stereocenters. The molecule has 0 aliphatic carbocycles. The van der Waals surface area contributed by atoms with E-state index in [1.807, 2.05) is 18.4 Å². The summed E-state index contributed by atoms with van der Waals surface area (Å²) in [6.07, 6.45) is 4.26. The molecule has 0 radical (unpaired) electrons. The van der Waals surface area contributed by atoms with E-state index in [0.717, 1.165) is 11.8 Å². The predicted octanol–water partition coefficient (Wildman–Crippen LogP) is 4.13. The Morgan fingerprint density at radius 2 is 1.97 bits per heavy atom. The zero-order valence-corrected chi connectivity index (χ0v) is 19.9. The van der Waals surface area contributed by atoms with E-state index >= 15 is 0 Å². The summed E-state index contributed by atoms with van der Waals surface area (Å²) < 4.78 is 44.4.